The van der Waals surface area contributed by atoms with Crippen LogP contribution in [0.5, 0.6) is 0 Å². The molecule has 10 heteroatoms. The highest BCUT2D eigenvalue weighted by molar-refractivity contribution is 5.74. The van der Waals surface area contributed by atoms with Crippen LogP contribution in [0.2, 0.25) is 0 Å². The zero-order valence-electron chi connectivity index (χ0n) is 11.0. The van der Waals surface area contributed by atoms with Gasteiger partial charge in [0.1, 0.15) is 10.4 Å². The number of aromatic nitrogens is 4. The van der Waals surface area contributed by atoms with E-state index in [1.165, 1.54) is 30.8 Å². The molecule has 21 heavy (non-hydrogen) atoms. The van der Waals surface area contributed by atoms with Crippen LogP contribution in [0.15, 0.2) is 26.1 Å². The molecule has 10 nitrogen and oxygen atoms in total. The van der Waals surface area contributed by atoms with E-state index < -0.39 is 22.1 Å². The average molecular weight is 291 g/mol. The Bertz CT molecular complexity index is 989. The number of rotatable bonds is 2. The van der Waals surface area contributed by atoms with E-state index in [2.05, 4.69) is 9.97 Å². The Hall–Kier alpha value is -3.17. The van der Waals surface area contributed by atoms with E-state index >= 15 is 0 Å². The first kappa shape index (κ1) is 12.8. The summed E-state index contributed by atoms with van der Waals surface area (Å²) in [4.78, 5) is 40.5. The quantitative estimate of drug-likeness (QED) is 0.527. The largest absolute Gasteiger partial charge is 0.433 e. The molecule has 0 aliphatic carbocycles. The van der Waals surface area contributed by atoms with Crippen LogP contribution in [-0.4, -0.2) is 24.0 Å². The van der Waals surface area contributed by atoms with Gasteiger partial charge >= 0.3 is 11.6 Å². The maximum Gasteiger partial charge on any atom is 0.433 e. The van der Waals surface area contributed by atoms with Crippen molar-refractivity contribution in [2.75, 3.05) is 0 Å². The molecule has 0 aliphatic heterocycles. The lowest BCUT2D eigenvalue weighted by atomic mass is 10.4. The van der Waals surface area contributed by atoms with Gasteiger partial charge in [0, 0.05) is 14.1 Å². The van der Waals surface area contributed by atoms with Crippen molar-refractivity contribution in [3.05, 3.63) is 43.1 Å². The average Bonchev–Trinajstić information content (AvgIpc) is 3.08. The topological polar surface area (TPSA) is 129 Å². The lowest BCUT2D eigenvalue weighted by Crippen LogP contribution is -2.36. The third-order valence-electron chi connectivity index (χ3n) is 3.10. The number of H-pyrrole nitrogens is 1. The molecule has 0 amide bonds. The van der Waals surface area contributed by atoms with E-state index in [0.717, 1.165) is 4.57 Å². The number of nitro groups is 1. The number of imidazole rings is 1. The standard InChI is InChI=1S/C11H9N5O5/c1-14-9-7(10(17)15(2)11(14)18)12-8(13-9)5-3-4-6(21-5)16(19)20/h3-4H,1-2H3,(H,12,13). The van der Waals surface area contributed by atoms with Crippen molar-refractivity contribution in [1.29, 1.82) is 0 Å². The van der Waals surface area contributed by atoms with E-state index in [1.807, 2.05) is 0 Å². The summed E-state index contributed by atoms with van der Waals surface area (Å²) >= 11 is 0. The van der Waals surface area contributed by atoms with Crippen molar-refractivity contribution in [2.45, 2.75) is 0 Å². The van der Waals surface area contributed by atoms with Crippen LogP contribution >= 0.6 is 0 Å². The van der Waals surface area contributed by atoms with Crippen molar-refractivity contribution < 1.29 is 9.34 Å². The molecule has 3 heterocycles. The van der Waals surface area contributed by atoms with E-state index in [0.29, 0.717) is 0 Å². The molecular formula is C11H9N5O5. The molecule has 0 spiro atoms. The summed E-state index contributed by atoms with van der Waals surface area (Å²) in [5.74, 6) is -0.198. The predicted molar refractivity (Wildman–Crippen MR) is 70.9 cm³/mol. The Kier molecular flexibility index (Phi) is 2.55. The van der Waals surface area contributed by atoms with E-state index in [9.17, 15) is 19.7 Å². The minimum Gasteiger partial charge on any atom is -0.397 e. The first-order valence-electron chi connectivity index (χ1n) is 5.80. The van der Waals surface area contributed by atoms with Gasteiger partial charge in [0.2, 0.25) is 0 Å². The fraction of sp³-hybridized carbons (Fsp3) is 0.182. The second-order valence-corrected chi connectivity index (χ2v) is 4.38. The zero-order chi connectivity index (χ0) is 15.3. The third kappa shape index (κ3) is 1.76. The number of hydrogen-bond donors (Lipinski definition) is 1. The second kappa shape index (κ2) is 4.16. The molecule has 0 saturated heterocycles. The minimum absolute atomic E-state index is 0.104. The van der Waals surface area contributed by atoms with Gasteiger partial charge in [-0.25, -0.2) is 9.78 Å². The van der Waals surface area contributed by atoms with Crippen LogP contribution in [0.25, 0.3) is 22.7 Å². The maximum atomic E-state index is 12.0. The summed E-state index contributed by atoms with van der Waals surface area (Å²) in [6, 6.07) is 2.54. The van der Waals surface area contributed by atoms with Crippen molar-refractivity contribution in [3.8, 4) is 11.6 Å². The first-order chi connectivity index (χ1) is 9.90. The molecule has 0 fully saturated rings. The Balaban J connectivity index is 2.28. The molecule has 3 rings (SSSR count). The van der Waals surface area contributed by atoms with Gasteiger partial charge in [-0.05, 0) is 6.07 Å². The fourth-order valence-electron chi connectivity index (χ4n) is 2.00. The number of nitrogens with zero attached hydrogens (tertiary/aromatic N) is 4. The molecule has 0 unspecified atom stereocenters. The van der Waals surface area contributed by atoms with Crippen LogP contribution in [0.3, 0.4) is 0 Å². The summed E-state index contributed by atoms with van der Waals surface area (Å²) < 4.78 is 7.15. The van der Waals surface area contributed by atoms with Crippen LogP contribution in [0.1, 0.15) is 0 Å². The van der Waals surface area contributed by atoms with Crippen molar-refractivity contribution in [1.82, 2.24) is 19.1 Å². The highest BCUT2D eigenvalue weighted by Crippen LogP contribution is 2.24. The highest BCUT2D eigenvalue weighted by atomic mass is 16.6. The number of aromatic amines is 1. The molecule has 0 atom stereocenters. The second-order valence-electron chi connectivity index (χ2n) is 4.38. The summed E-state index contributed by atoms with van der Waals surface area (Å²) in [5.41, 5.74) is -0.783. The Labute approximate surface area is 115 Å². The highest BCUT2D eigenvalue weighted by Gasteiger charge is 2.18. The summed E-state index contributed by atoms with van der Waals surface area (Å²) in [5, 5.41) is 10.6. The maximum absolute atomic E-state index is 12.0. The van der Waals surface area contributed by atoms with Crippen LogP contribution in [0, 0.1) is 10.1 Å². The molecule has 1 N–H and O–H groups in total. The number of furan rings is 1. The zero-order valence-corrected chi connectivity index (χ0v) is 11.0. The van der Waals surface area contributed by atoms with Crippen molar-refractivity contribution >= 4 is 17.0 Å². The van der Waals surface area contributed by atoms with E-state index in [-0.39, 0.29) is 22.7 Å². The molecule has 0 radical (unpaired) electrons. The minimum atomic E-state index is -0.680. The monoisotopic (exact) mass is 291 g/mol. The predicted octanol–water partition coefficient (Wildman–Crippen LogP) is 0.128. The Morgan fingerprint density at radius 2 is 2.00 bits per heavy atom. The smallest absolute Gasteiger partial charge is 0.397 e. The van der Waals surface area contributed by atoms with Gasteiger partial charge in [-0.15, -0.1) is 0 Å². The summed E-state index contributed by atoms with van der Waals surface area (Å²) in [6.45, 7) is 0. The van der Waals surface area contributed by atoms with Crippen LogP contribution < -0.4 is 11.2 Å². The lowest BCUT2D eigenvalue weighted by Gasteiger charge is -2.00. The SMILES string of the molecule is Cn1c(=O)c2[nH]c(-c3ccc([N+](=O)[O-])o3)nc2n(C)c1=O. The first-order valence-corrected chi connectivity index (χ1v) is 5.80. The van der Waals surface area contributed by atoms with Crippen molar-refractivity contribution in [2.24, 2.45) is 14.1 Å². The molecule has 108 valence electrons. The van der Waals surface area contributed by atoms with Crippen molar-refractivity contribution in [3.63, 3.8) is 0 Å². The molecule has 3 aromatic heterocycles. The van der Waals surface area contributed by atoms with Gasteiger partial charge < -0.3 is 9.40 Å². The number of nitrogens with one attached hydrogen (secondary N) is 1. The van der Waals surface area contributed by atoms with Gasteiger partial charge in [0.05, 0.1) is 6.07 Å². The third-order valence-corrected chi connectivity index (χ3v) is 3.10. The van der Waals surface area contributed by atoms with Gasteiger partial charge in [-0.3, -0.25) is 24.0 Å². The van der Waals surface area contributed by atoms with E-state index in [1.54, 1.807) is 0 Å². The van der Waals surface area contributed by atoms with Gasteiger partial charge in [-0.2, -0.15) is 0 Å². The number of fused-ring (bicyclic) bond motifs is 1. The molecule has 3 aromatic rings. The van der Waals surface area contributed by atoms with Gasteiger partial charge in [-0.1, -0.05) is 0 Å². The fourth-order valence-corrected chi connectivity index (χ4v) is 2.00. The molecule has 0 aliphatic rings. The van der Waals surface area contributed by atoms with Gasteiger partial charge in [0.25, 0.3) is 5.56 Å². The summed E-state index contributed by atoms with van der Waals surface area (Å²) in [6.07, 6.45) is 0. The van der Waals surface area contributed by atoms with Crippen LogP contribution in [0.4, 0.5) is 5.88 Å². The van der Waals surface area contributed by atoms with E-state index in [4.69, 9.17) is 4.42 Å². The van der Waals surface area contributed by atoms with Gasteiger partial charge in [0.15, 0.2) is 17.2 Å². The van der Waals surface area contributed by atoms with Crippen LogP contribution in [-0.2, 0) is 14.1 Å². The lowest BCUT2D eigenvalue weighted by molar-refractivity contribution is -0.401. The summed E-state index contributed by atoms with van der Waals surface area (Å²) in [7, 11) is 2.82. The molecule has 0 aromatic carbocycles. The molecule has 0 bridgehead atoms. The normalized spacial score (nSPS) is 11.1. The Morgan fingerprint density at radius 3 is 2.62 bits per heavy atom. The number of aryl methyl sites for hydroxylation is 1. The Morgan fingerprint density at radius 1 is 1.29 bits per heavy atom. The number of hydrogen-bond acceptors (Lipinski definition) is 6. The molecule has 0 saturated carbocycles. The molecular weight excluding hydrogens is 282 g/mol.